The Kier molecular flexibility index (Phi) is 12.0. The fraction of sp³-hybridized carbons (Fsp3) is 0.480. The van der Waals surface area contributed by atoms with E-state index in [0.717, 1.165) is 24.5 Å². The van der Waals surface area contributed by atoms with E-state index in [9.17, 15) is 13.6 Å². The van der Waals surface area contributed by atoms with Crippen molar-refractivity contribution in [3.05, 3.63) is 65.7 Å². The van der Waals surface area contributed by atoms with Crippen molar-refractivity contribution in [1.29, 1.82) is 0 Å². The van der Waals surface area contributed by atoms with Crippen LogP contribution in [0, 0.1) is 23.1 Å². The molecule has 0 aliphatic heterocycles. The molecule has 1 atom stereocenters. The Morgan fingerprint density at radius 3 is 2.42 bits per heavy atom. The number of amides is 1. The summed E-state index contributed by atoms with van der Waals surface area (Å²) in [5, 5.41) is 0. The fourth-order valence-corrected chi connectivity index (χ4v) is 4.22. The maximum atomic E-state index is 14.8. The number of aryl methyl sites for hydroxylation is 1. The molecule has 0 aliphatic rings. The maximum absolute atomic E-state index is 14.8. The molecule has 0 aliphatic carbocycles. The van der Waals surface area contributed by atoms with Crippen molar-refractivity contribution < 1.29 is 35.3 Å². The van der Waals surface area contributed by atoms with Crippen LogP contribution in [0.2, 0.25) is 0 Å². The van der Waals surface area contributed by atoms with E-state index in [1.807, 2.05) is 30.3 Å². The first-order chi connectivity index (χ1) is 14.3. The van der Waals surface area contributed by atoms with Crippen molar-refractivity contribution in [3.8, 4) is 0 Å². The van der Waals surface area contributed by atoms with Gasteiger partial charge >= 0.3 is 0 Å². The molecule has 0 aromatic heterocycles. The molecule has 168 valence electrons. The third-order valence-corrected chi connectivity index (χ3v) is 5.83. The van der Waals surface area contributed by atoms with Gasteiger partial charge in [0.25, 0.3) is 0 Å². The van der Waals surface area contributed by atoms with Gasteiger partial charge in [-0.1, -0.05) is 57.5 Å². The zero-order valence-corrected chi connectivity index (χ0v) is 20.9. The van der Waals surface area contributed by atoms with Gasteiger partial charge < -0.3 is 4.90 Å². The zero-order chi connectivity index (χ0) is 22.1. The number of alkyl halides is 1. The van der Waals surface area contributed by atoms with Crippen molar-refractivity contribution in [2.75, 3.05) is 10.8 Å². The van der Waals surface area contributed by atoms with E-state index in [2.05, 4.69) is 26.8 Å². The standard InChI is InChI=1S/C25H31ClF2NO.Ti/c1-4-16-25(2,3)23(11-8-17-26)29(22-14-13-20(27)18-21(22)28)24(30)15-12-19-9-6-5-7-10-19;/h5-7,9-10,13-14,23H,4,8,11-12,15-17H2,1-3H3;/q-1;. The molecule has 1 amide bonds. The smallest absolute Gasteiger partial charge is 0.216 e. The van der Waals surface area contributed by atoms with Crippen LogP contribution in [0.5, 0.6) is 0 Å². The number of carbonyl (C=O) groups is 1. The summed E-state index contributed by atoms with van der Waals surface area (Å²) in [6, 6.07) is 14.1. The van der Waals surface area contributed by atoms with Gasteiger partial charge in [0, 0.05) is 51.7 Å². The van der Waals surface area contributed by atoms with Crippen LogP contribution in [0.3, 0.4) is 0 Å². The number of benzene rings is 2. The molecular formula is C25H31ClF2NOTi-. The Morgan fingerprint density at radius 1 is 1.16 bits per heavy atom. The normalized spacial score (nSPS) is 12.2. The number of nitrogens with zero attached hydrogens (tertiary/aromatic N) is 1. The quantitative estimate of drug-likeness (QED) is 0.193. The summed E-state index contributed by atoms with van der Waals surface area (Å²) in [5.41, 5.74) is 0.865. The van der Waals surface area contributed by atoms with E-state index in [1.165, 1.54) is 11.0 Å². The molecule has 0 fully saturated rings. The van der Waals surface area contributed by atoms with Gasteiger partial charge in [-0.25, -0.2) is 8.78 Å². The average Bonchev–Trinajstić information content (AvgIpc) is 2.71. The molecule has 0 spiro atoms. The number of halogens is 3. The molecule has 1 unspecified atom stereocenters. The van der Waals surface area contributed by atoms with Crippen LogP contribution < -0.4 is 4.90 Å². The number of anilines is 1. The Balaban J connectivity index is 0.00000480. The van der Waals surface area contributed by atoms with Crippen molar-refractivity contribution >= 4 is 23.2 Å². The molecule has 2 nitrogen and oxygen atoms in total. The minimum absolute atomic E-state index is 0. The van der Waals surface area contributed by atoms with Crippen LogP contribution in [0.25, 0.3) is 0 Å². The topological polar surface area (TPSA) is 20.3 Å². The summed E-state index contributed by atoms with van der Waals surface area (Å²) in [6.45, 7) is 6.28. The van der Waals surface area contributed by atoms with Gasteiger partial charge in [-0.05, 0) is 42.3 Å². The number of carbonyl (C=O) groups excluding carboxylic acids is 1. The molecule has 0 heterocycles. The van der Waals surface area contributed by atoms with Crippen LogP contribution in [-0.2, 0) is 32.9 Å². The Labute approximate surface area is 205 Å². The van der Waals surface area contributed by atoms with Crippen molar-refractivity contribution in [2.24, 2.45) is 5.41 Å². The second kappa shape index (κ2) is 13.4. The third-order valence-electron chi connectivity index (χ3n) is 5.56. The Morgan fingerprint density at radius 2 is 1.84 bits per heavy atom. The molecular weight excluding hydrogens is 452 g/mol. The zero-order valence-electron chi connectivity index (χ0n) is 18.6. The van der Waals surface area contributed by atoms with Crippen LogP contribution in [0.15, 0.2) is 42.5 Å². The van der Waals surface area contributed by atoms with Gasteiger partial charge in [0.2, 0.25) is 5.91 Å². The number of rotatable bonds is 11. The Bertz CT molecular complexity index is 816. The summed E-state index contributed by atoms with van der Waals surface area (Å²) < 4.78 is 28.3. The van der Waals surface area contributed by atoms with Gasteiger partial charge in [-0.15, -0.1) is 29.8 Å². The monoisotopic (exact) mass is 482 g/mol. The van der Waals surface area contributed by atoms with Crippen LogP contribution in [-0.4, -0.2) is 17.8 Å². The first-order valence-corrected chi connectivity index (χ1v) is 11.1. The van der Waals surface area contributed by atoms with Crippen molar-refractivity contribution in [2.45, 2.75) is 65.3 Å². The maximum Gasteiger partial charge on any atom is 0.216 e. The second-order valence-corrected chi connectivity index (χ2v) is 8.72. The number of hydrogen-bond donors (Lipinski definition) is 0. The van der Waals surface area contributed by atoms with Crippen molar-refractivity contribution in [1.82, 2.24) is 0 Å². The molecule has 2 rings (SSSR count). The van der Waals surface area contributed by atoms with E-state index < -0.39 is 11.6 Å². The summed E-state index contributed by atoms with van der Waals surface area (Å²) in [4.78, 5) is 15.0. The van der Waals surface area contributed by atoms with E-state index in [0.29, 0.717) is 25.1 Å². The molecule has 0 N–H and O–H groups in total. The molecule has 0 radical (unpaired) electrons. The average molecular weight is 483 g/mol. The van der Waals surface area contributed by atoms with Gasteiger partial charge in [0.1, 0.15) is 0 Å². The van der Waals surface area contributed by atoms with Crippen LogP contribution in [0.1, 0.15) is 58.4 Å². The Hall–Kier alpha value is -1.23. The molecule has 0 bridgehead atoms. The van der Waals surface area contributed by atoms with Gasteiger partial charge in [-0.3, -0.25) is 4.79 Å². The van der Waals surface area contributed by atoms with Gasteiger partial charge in [-0.2, -0.15) is 0 Å². The number of hydrogen-bond acceptors (Lipinski definition) is 1. The minimum atomic E-state index is -0.841. The molecule has 6 heteroatoms. The first kappa shape index (κ1) is 27.8. The molecule has 0 saturated carbocycles. The van der Waals surface area contributed by atoms with E-state index >= 15 is 0 Å². The molecule has 0 saturated heterocycles. The van der Waals surface area contributed by atoms with Crippen molar-refractivity contribution in [3.63, 3.8) is 0 Å². The van der Waals surface area contributed by atoms with Crippen LogP contribution in [0.4, 0.5) is 14.5 Å². The SMILES string of the molecule is CCCC(C)(C)C(CCCCl)N(C(=O)CCc1ccccc1)c1ccc(F)[c-]c1F.[Ti]. The van der Waals surface area contributed by atoms with Crippen LogP contribution >= 0.6 is 11.6 Å². The molecule has 2 aromatic carbocycles. The summed E-state index contributed by atoms with van der Waals surface area (Å²) in [5.74, 6) is -1.34. The third kappa shape index (κ3) is 8.00. The summed E-state index contributed by atoms with van der Waals surface area (Å²) in [7, 11) is 0. The summed E-state index contributed by atoms with van der Waals surface area (Å²) >= 11 is 5.96. The largest absolute Gasteiger partial charge is 0.360 e. The summed E-state index contributed by atoms with van der Waals surface area (Å²) in [6.07, 6.45) is 3.95. The van der Waals surface area contributed by atoms with E-state index in [1.54, 1.807) is 0 Å². The van der Waals surface area contributed by atoms with E-state index in [4.69, 9.17) is 11.6 Å². The fourth-order valence-electron chi connectivity index (χ4n) is 4.07. The predicted molar refractivity (Wildman–Crippen MR) is 120 cm³/mol. The predicted octanol–water partition coefficient (Wildman–Crippen LogP) is 6.94. The first-order valence-electron chi connectivity index (χ1n) is 10.6. The minimum Gasteiger partial charge on any atom is -0.360 e. The van der Waals surface area contributed by atoms with Gasteiger partial charge in [0.05, 0.1) is 0 Å². The second-order valence-electron chi connectivity index (χ2n) is 8.34. The molecule has 2 aromatic rings. The van der Waals surface area contributed by atoms with E-state index in [-0.39, 0.29) is 51.2 Å². The molecule has 31 heavy (non-hydrogen) atoms. The van der Waals surface area contributed by atoms with Gasteiger partial charge in [0.15, 0.2) is 0 Å².